The Kier molecular flexibility index (Phi) is 5.43. The van der Waals surface area contributed by atoms with Crippen LogP contribution in [0.1, 0.15) is 33.5 Å². The summed E-state index contributed by atoms with van der Waals surface area (Å²) in [4.78, 5) is 5.39. The van der Waals surface area contributed by atoms with Crippen LogP contribution in [-0.2, 0) is 6.42 Å². The molecule has 1 heterocycles. The highest BCUT2D eigenvalue weighted by Crippen LogP contribution is 2.32. The molecular formula is C24H26N2. The maximum absolute atomic E-state index is 3.95. The van der Waals surface area contributed by atoms with Crippen molar-refractivity contribution >= 4 is 11.6 Å². The molecule has 132 valence electrons. The second-order valence-electron chi connectivity index (χ2n) is 6.78. The molecule has 0 amide bonds. The number of H-pyrrole nitrogens is 1. The monoisotopic (exact) mass is 342 g/mol. The van der Waals surface area contributed by atoms with E-state index in [1.165, 1.54) is 33.4 Å². The van der Waals surface area contributed by atoms with E-state index < -0.39 is 0 Å². The van der Waals surface area contributed by atoms with E-state index in [0.29, 0.717) is 0 Å². The largest absolute Gasteiger partial charge is 0.383 e. The molecule has 0 atom stereocenters. The highest BCUT2D eigenvalue weighted by atomic mass is 15.0. The number of hydrogen-bond donors (Lipinski definition) is 1. The first-order chi connectivity index (χ1) is 12.6. The zero-order chi connectivity index (χ0) is 18.5. The molecule has 0 aliphatic heterocycles. The molecule has 0 fully saturated rings. The Labute approximate surface area is 156 Å². The molecule has 0 aliphatic rings. The smallest absolute Gasteiger partial charge is 0.0454 e. The quantitative estimate of drug-likeness (QED) is 0.626. The number of nitrogens with one attached hydrogen (secondary N) is 1. The molecule has 2 aromatic carbocycles. The molecule has 0 radical (unpaired) electrons. The number of aromatic amines is 1. The molecule has 3 aromatic rings. The first-order valence-corrected chi connectivity index (χ1v) is 8.91. The van der Waals surface area contributed by atoms with Gasteiger partial charge < -0.3 is 9.88 Å². The van der Waals surface area contributed by atoms with Crippen molar-refractivity contribution in [2.75, 3.05) is 14.1 Å². The van der Waals surface area contributed by atoms with Crippen molar-refractivity contribution in [2.45, 2.75) is 13.3 Å². The Morgan fingerprint density at radius 1 is 1.00 bits per heavy atom. The van der Waals surface area contributed by atoms with E-state index in [2.05, 4.69) is 98.3 Å². The van der Waals surface area contributed by atoms with Gasteiger partial charge in [0.15, 0.2) is 0 Å². The predicted molar refractivity (Wildman–Crippen MR) is 112 cm³/mol. The van der Waals surface area contributed by atoms with Crippen molar-refractivity contribution in [2.24, 2.45) is 0 Å². The summed E-state index contributed by atoms with van der Waals surface area (Å²) in [6, 6.07) is 19.3. The van der Waals surface area contributed by atoms with Gasteiger partial charge in [-0.15, -0.1) is 0 Å². The van der Waals surface area contributed by atoms with Gasteiger partial charge in [-0.2, -0.15) is 0 Å². The van der Waals surface area contributed by atoms with Crippen molar-refractivity contribution in [3.63, 3.8) is 0 Å². The maximum Gasteiger partial charge on any atom is 0.0454 e. The van der Waals surface area contributed by atoms with Crippen LogP contribution in [0.3, 0.4) is 0 Å². The normalized spacial score (nSPS) is 11.4. The van der Waals surface area contributed by atoms with Gasteiger partial charge in [0.05, 0.1) is 0 Å². The number of aryl methyl sites for hydroxylation is 1. The first-order valence-electron chi connectivity index (χ1n) is 8.91. The van der Waals surface area contributed by atoms with Crippen LogP contribution >= 0.6 is 0 Å². The van der Waals surface area contributed by atoms with Crippen LogP contribution in [-0.4, -0.2) is 24.0 Å². The molecule has 1 N–H and O–H groups in total. The van der Waals surface area contributed by atoms with Crippen molar-refractivity contribution in [3.05, 3.63) is 107 Å². The molecule has 0 spiro atoms. The van der Waals surface area contributed by atoms with Gasteiger partial charge in [0.2, 0.25) is 0 Å². The van der Waals surface area contributed by atoms with E-state index in [1.54, 1.807) is 0 Å². The summed E-state index contributed by atoms with van der Waals surface area (Å²) in [7, 11) is 4.12. The van der Waals surface area contributed by atoms with Gasteiger partial charge >= 0.3 is 0 Å². The number of benzene rings is 2. The van der Waals surface area contributed by atoms with Gasteiger partial charge in [-0.3, -0.25) is 0 Å². The van der Waals surface area contributed by atoms with Crippen molar-refractivity contribution < 1.29 is 0 Å². The fourth-order valence-corrected chi connectivity index (χ4v) is 3.32. The molecule has 2 nitrogen and oxygen atoms in total. The fraction of sp³-hybridized carbons (Fsp3) is 0.167. The van der Waals surface area contributed by atoms with Gasteiger partial charge in [-0.25, -0.2) is 0 Å². The first kappa shape index (κ1) is 17.8. The summed E-state index contributed by atoms with van der Waals surface area (Å²) in [6.07, 6.45) is 6.97. The second kappa shape index (κ2) is 7.92. The molecule has 0 aliphatic carbocycles. The Bertz CT molecular complexity index is 914. The van der Waals surface area contributed by atoms with Crippen LogP contribution in [0, 0.1) is 6.92 Å². The minimum absolute atomic E-state index is 0.918. The number of hydrogen-bond acceptors (Lipinski definition) is 1. The predicted octanol–water partition coefficient (Wildman–Crippen LogP) is 5.51. The zero-order valence-corrected chi connectivity index (χ0v) is 15.8. The number of rotatable bonds is 6. The van der Waals surface area contributed by atoms with Crippen LogP contribution in [0.5, 0.6) is 0 Å². The lowest BCUT2D eigenvalue weighted by molar-refractivity contribution is 0.565. The SMILES string of the molecule is C=Cc1[nH]ccc1/C(=C\N(C)C)c1cccc(C)c1Cc1ccccc1. The van der Waals surface area contributed by atoms with Gasteiger partial charge in [-0.05, 0) is 47.7 Å². The van der Waals surface area contributed by atoms with Crippen LogP contribution in [0.15, 0.2) is 73.6 Å². The summed E-state index contributed by atoms with van der Waals surface area (Å²) >= 11 is 0. The van der Waals surface area contributed by atoms with Gasteiger partial charge in [0, 0.05) is 43.3 Å². The Balaban J connectivity index is 2.16. The van der Waals surface area contributed by atoms with Crippen LogP contribution in [0.2, 0.25) is 0 Å². The minimum atomic E-state index is 0.918. The highest BCUT2D eigenvalue weighted by Gasteiger charge is 2.15. The third-order valence-electron chi connectivity index (χ3n) is 4.58. The molecular weight excluding hydrogens is 316 g/mol. The molecule has 0 saturated heterocycles. The van der Waals surface area contributed by atoms with Gasteiger partial charge in [-0.1, -0.05) is 55.1 Å². The summed E-state index contributed by atoms with van der Waals surface area (Å²) in [5, 5.41) is 0. The van der Waals surface area contributed by atoms with E-state index >= 15 is 0 Å². The Morgan fingerprint density at radius 3 is 2.46 bits per heavy atom. The van der Waals surface area contributed by atoms with E-state index in [1.807, 2.05) is 12.3 Å². The van der Waals surface area contributed by atoms with Gasteiger partial charge in [0.1, 0.15) is 0 Å². The fourth-order valence-electron chi connectivity index (χ4n) is 3.32. The lowest BCUT2D eigenvalue weighted by Crippen LogP contribution is -2.06. The summed E-state index contributed by atoms with van der Waals surface area (Å²) in [5.74, 6) is 0. The Hall–Kier alpha value is -3.00. The zero-order valence-electron chi connectivity index (χ0n) is 15.8. The van der Waals surface area contributed by atoms with E-state index in [4.69, 9.17) is 0 Å². The average molecular weight is 342 g/mol. The summed E-state index contributed by atoms with van der Waals surface area (Å²) in [5.41, 5.74) is 8.70. The third-order valence-corrected chi connectivity index (χ3v) is 4.58. The van der Waals surface area contributed by atoms with Crippen molar-refractivity contribution in [1.29, 1.82) is 0 Å². The molecule has 0 saturated carbocycles. The van der Waals surface area contributed by atoms with E-state index in [-0.39, 0.29) is 0 Å². The number of nitrogens with zero attached hydrogens (tertiary/aromatic N) is 1. The molecule has 0 bridgehead atoms. The van der Waals surface area contributed by atoms with Crippen LogP contribution < -0.4 is 0 Å². The molecule has 0 unspecified atom stereocenters. The van der Waals surface area contributed by atoms with Crippen LogP contribution in [0.4, 0.5) is 0 Å². The standard InChI is InChI=1S/C24H26N2/c1-5-24-21(14-15-25-24)23(17-26(3)4)20-13-9-10-18(2)22(20)16-19-11-7-6-8-12-19/h5-15,17,25H,1,16H2,2-4H3/b23-17-. The second-order valence-corrected chi connectivity index (χ2v) is 6.78. The molecule has 1 aromatic heterocycles. The maximum atomic E-state index is 3.95. The van der Waals surface area contributed by atoms with Crippen molar-refractivity contribution in [3.8, 4) is 0 Å². The molecule has 2 heteroatoms. The van der Waals surface area contributed by atoms with Gasteiger partial charge in [0.25, 0.3) is 0 Å². The third kappa shape index (κ3) is 3.80. The summed E-state index contributed by atoms with van der Waals surface area (Å²) < 4.78 is 0. The lowest BCUT2D eigenvalue weighted by Gasteiger charge is -2.18. The minimum Gasteiger partial charge on any atom is -0.383 e. The van der Waals surface area contributed by atoms with Crippen molar-refractivity contribution in [1.82, 2.24) is 9.88 Å². The topological polar surface area (TPSA) is 19.0 Å². The highest BCUT2D eigenvalue weighted by molar-refractivity contribution is 5.85. The van der Waals surface area contributed by atoms with E-state index in [9.17, 15) is 0 Å². The lowest BCUT2D eigenvalue weighted by atomic mass is 9.88. The van der Waals surface area contributed by atoms with Crippen LogP contribution in [0.25, 0.3) is 11.6 Å². The van der Waals surface area contributed by atoms with E-state index in [0.717, 1.165) is 12.1 Å². The summed E-state index contributed by atoms with van der Waals surface area (Å²) in [6.45, 7) is 6.15. The molecule has 26 heavy (non-hydrogen) atoms. The number of aromatic nitrogens is 1. The Morgan fingerprint density at radius 2 is 1.77 bits per heavy atom. The average Bonchev–Trinajstić information content (AvgIpc) is 3.11. The molecule has 3 rings (SSSR count).